The van der Waals surface area contributed by atoms with Crippen molar-refractivity contribution in [1.82, 2.24) is 0 Å². The molecule has 0 atom stereocenters. The lowest BCUT2D eigenvalue weighted by Gasteiger charge is -2.10. The molecule has 0 unspecified atom stereocenters. The number of halogens is 2. The first-order valence-corrected chi connectivity index (χ1v) is 6.13. The molecule has 0 spiro atoms. The summed E-state index contributed by atoms with van der Waals surface area (Å²) >= 11 is 0. The first-order chi connectivity index (χ1) is 9.92. The summed E-state index contributed by atoms with van der Waals surface area (Å²) in [6.07, 6.45) is 0. The van der Waals surface area contributed by atoms with Gasteiger partial charge in [0, 0.05) is 11.6 Å². The van der Waals surface area contributed by atoms with Crippen LogP contribution in [0.1, 0.15) is 15.9 Å². The molecule has 0 heterocycles. The highest BCUT2D eigenvalue weighted by Crippen LogP contribution is 2.23. The van der Waals surface area contributed by atoms with Crippen LogP contribution in [0.25, 0.3) is 0 Å². The number of aryl methyl sites for hydroxylation is 1. The molecule has 0 fully saturated rings. The molecule has 0 radical (unpaired) electrons. The van der Waals surface area contributed by atoms with Crippen molar-refractivity contribution in [3.63, 3.8) is 0 Å². The Labute approximate surface area is 120 Å². The number of anilines is 2. The van der Waals surface area contributed by atoms with Crippen LogP contribution in [0.2, 0.25) is 0 Å². The molecule has 6 heteroatoms. The van der Waals surface area contributed by atoms with Crippen LogP contribution in [-0.2, 0) is 0 Å². The van der Waals surface area contributed by atoms with Crippen LogP contribution in [-0.4, -0.2) is 13.0 Å². The predicted octanol–water partition coefficient (Wildman–Crippen LogP) is 3.12. The van der Waals surface area contributed by atoms with Gasteiger partial charge in [0.1, 0.15) is 17.4 Å². The third-order valence-electron chi connectivity index (χ3n) is 3.00. The third kappa shape index (κ3) is 3.10. The molecule has 1 amide bonds. The summed E-state index contributed by atoms with van der Waals surface area (Å²) in [5.41, 5.74) is 6.09. The number of amides is 1. The quantitative estimate of drug-likeness (QED) is 0.854. The third-order valence-corrected chi connectivity index (χ3v) is 3.00. The van der Waals surface area contributed by atoms with E-state index in [9.17, 15) is 13.6 Å². The van der Waals surface area contributed by atoms with Crippen molar-refractivity contribution in [1.29, 1.82) is 0 Å². The molecule has 0 bridgehead atoms. The maximum Gasteiger partial charge on any atom is 0.255 e. The molecule has 2 rings (SSSR count). The van der Waals surface area contributed by atoms with Crippen molar-refractivity contribution < 1.29 is 18.3 Å². The van der Waals surface area contributed by atoms with Gasteiger partial charge >= 0.3 is 0 Å². The first-order valence-electron chi connectivity index (χ1n) is 6.13. The molecular formula is C15H14F2N2O2. The van der Waals surface area contributed by atoms with E-state index >= 15 is 0 Å². The lowest BCUT2D eigenvalue weighted by molar-refractivity contribution is 0.102. The minimum atomic E-state index is -0.894. The fourth-order valence-corrected chi connectivity index (χ4v) is 1.82. The van der Waals surface area contributed by atoms with E-state index in [1.54, 1.807) is 12.1 Å². The number of ether oxygens (including phenoxy) is 1. The van der Waals surface area contributed by atoms with Crippen LogP contribution >= 0.6 is 0 Å². The minimum absolute atomic E-state index is 0.182. The summed E-state index contributed by atoms with van der Waals surface area (Å²) in [5, 5.41) is 2.35. The molecule has 0 saturated heterocycles. The molecule has 2 aromatic carbocycles. The summed E-state index contributed by atoms with van der Waals surface area (Å²) in [6, 6.07) is 6.49. The van der Waals surface area contributed by atoms with Crippen molar-refractivity contribution in [2.24, 2.45) is 0 Å². The molecule has 2 aromatic rings. The second-order valence-electron chi connectivity index (χ2n) is 4.49. The maximum absolute atomic E-state index is 13.6. The molecule has 21 heavy (non-hydrogen) atoms. The van der Waals surface area contributed by atoms with E-state index in [4.69, 9.17) is 10.5 Å². The molecule has 0 saturated carbocycles. The van der Waals surface area contributed by atoms with E-state index in [1.807, 2.05) is 6.92 Å². The average molecular weight is 292 g/mol. The second-order valence-corrected chi connectivity index (χ2v) is 4.49. The van der Waals surface area contributed by atoms with Crippen LogP contribution in [0.3, 0.4) is 0 Å². The van der Waals surface area contributed by atoms with E-state index < -0.39 is 17.5 Å². The molecule has 4 nitrogen and oxygen atoms in total. The van der Waals surface area contributed by atoms with Gasteiger partial charge in [-0.1, -0.05) is 6.07 Å². The molecule has 0 aliphatic rings. The van der Waals surface area contributed by atoms with E-state index in [1.165, 1.54) is 13.2 Å². The Morgan fingerprint density at radius 3 is 2.57 bits per heavy atom. The topological polar surface area (TPSA) is 64.3 Å². The summed E-state index contributed by atoms with van der Waals surface area (Å²) in [5.74, 6) is -1.77. The first kappa shape index (κ1) is 14.8. The number of nitrogens with one attached hydrogen (secondary N) is 1. The Morgan fingerprint density at radius 1 is 1.19 bits per heavy atom. The Kier molecular flexibility index (Phi) is 4.07. The summed E-state index contributed by atoms with van der Waals surface area (Å²) in [4.78, 5) is 12.1. The van der Waals surface area contributed by atoms with Gasteiger partial charge in [-0.25, -0.2) is 8.78 Å². The number of hydrogen-bond acceptors (Lipinski definition) is 3. The van der Waals surface area contributed by atoms with Crippen molar-refractivity contribution in [2.45, 2.75) is 6.92 Å². The van der Waals surface area contributed by atoms with Crippen LogP contribution in [0.15, 0.2) is 30.3 Å². The normalized spacial score (nSPS) is 10.3. The summed E-state index contributed by atoms with van der Waals surface area (Å²) in [6.45, 7) is 1.83. The number of rotatable bonds is 3. The van der Waals surface area contributed by atoms with Gasteiger partial charge in [0.2, 0.25) is 0 Å². The number of carbonyl (C=O) groups is 1. The number of hydrogen-bond donors (Lipinski definition) is 2. The van der Waals surface area contributed by atoms with Gasteiger partial charge in [-0.15, -0.1) is 0 Å². The molecular weight excluding hydrogens is 278 g/mol. The van der Waals surface area contributed by atoms with Crippen LogP contribution in [0.4, 0.5) is 20.2 Å². The number of nitrogen functional groups attached to an aromatic ring is 1. The van der Waals surface area contributed by atoms with E-state index in [2.05, 4.69) is 5.32 Å². The van der Waals surface area contributed by atoms with Crippen LogP contribution in [0, 0.1) is 18.6 Å². The van der Waals surface area contributed by atoms with Gasteiger partial charge in [0.05, 0.1) is 18.5 Å². The predicted molar refractivity (Wildman–Crippen MR) is 76.5 cm³/mol. The van der Waals surface area contributed by atoms with Crippen LogP contribution < -0.4 is 15.8 Å². The van der Waals surface area contributed by atoms with Crippen molar-refractivity contribution in [3.05, 3.63) is 53.1 Å². The van der Waals surface area contributed by atoms with Crippen molar-refractivity contribution in [2.75, 3.05) is 18.2 Å². The van der Waals surface area contributed by atoms with E-state index in [-0.39, 0.29) is 11.4 Å². The van der Waals surface area contributed by atoms with Crippen molar-refractivity contribution in [3.8, 4) is 5.75 Å². The Balaban J connectivity index is 2.28. The van der Waals surface area contributed by atoms with Crippen LogP contribution in [0.5, 0.6) is 5.75 Å². The largest absolute Gasteiger partial charge is 0.496 e. The van der Waals surface area contributed by atoms with Gasteiger partial charge in [-0.05, 0) is 30.7 Å². The maximum atomic E-state index is 13.6. The number of nitrogens with two attached hydrogens (primary N) is 1. The van der Waals surface area contributed by atoms with Gasteiger partial charge in [-0.3, -0.25) is 4.79 Å². The summed E-state index contributed by atoms with van der Waals surface area (Å²) in [7, 11) is 1.49. The zero-order valence-corrected chi connectivity index (χ0v) is 11.5. The highest BCUT2D eigenvalue weighted by Gasteiger charge is 2.13. The van der Waals surface area contributed by atoms with Crippen molar-refractivity contribution >= 4 is 17.3 Å². The second kappa shape index (κ2) is 5.78. The summed E-state index contributed by atoms with van der Waals surface area (Å²) < 4.78 is 31.8. The fourth-order valence-electron chi connectivity index (χ4n) is 1.82. The van der Waals surface area contributed by atoms with Gasteiger partial charge in [-0.2, -0.15) is 0 Å². The Morgan fingerprint density at radius 2 is 1.90 bits per heavy atom. The van der Waals surface area contributed by atoms with Gasteiger partial charge in [0.15, 0.2) is 0 Å². The van der Waals surface area contributed by atoms with Gasteiger partial charge in [0.25, 0.3) is 5.91 Å². The smallest absolute Gasteiger partial charge is 0.255 e. The SMILES string of the molecule is COc1cc(C(=O)Nc2cc(N)c(F)cc2F)ccc1C. The fraction of sp³-hybridized carbons (Fsp3) is 0.133. The highest BCUT2D eigenvalue weighted by atomic mass is 19.1. The molecule has 0 aliphatic carbocycles. The van der Waals surface area contributed by atoms with Gasteiger partial charge < -0.3 is 15.8 Å². The number of methoxy groups -OCH3 is 1. The van der Waals surface area contributed by atoms with E-state index in [0.717, 1.165) is 11.6 Å². The number of benzene rings is 2. The Bertz CT molecular complexity index is 702. The zero-order chi connectivity index (χ0) is 15.6. The molecule has 110 valence electrons. The highest BCUT2D eigenvalue weighted by molar-refractivity contribution is 6.04. The standard InChI is InChI=1S/C15H14F2N2O2/c1-8-3-4-9(5-14(8)21-2)15(20)19-13-7-12(18)10(16)6-11(13)17/h3-7H,18H2,1-2H3,(H,19,20). The number of carbonyl (C=O) groups excluding carboxylic acids is 1. The molecule has 3 N–H and O–H groups in total. The zero-order valence-electron chi connectivity index (χ0n) is 11.5. The molecule has 0 aliphatic heterocycles. The lowest BCUT2D eigenvalue weighted by atomic mass is 10.1. The average Bonchev–Trinajstić information content (AvgIpc) is 2.45. The Hall–Kier alpha value is -2.63. The lowest BCUT2D eigenvalue weighted by Crippen LogP contribution is -2.14. The minimum Gasteiger partial charge on any atom is -0.496 e. The monoisotopic (exact) mass is 292 g/mol. The van der Waals surface area contributed by atoms with E-state index in [0.29, 0.717) is 17.4 Å². The molecule has 0 aromatic heterocycles.